The maximum Gasteiger partial charge on any atom is 0.410 e. The molecule has 0 radical (unpaired) electrons. The highest BCUT2D eigenvalue weighted by molar-refractivity contribution is 5.69. The van der Waals surface area contributed by atoms with E-state index in [2.05, 4.69) is 15.1 Å². The van der Waals surface area contributed by atoms with Crippen molar-refractivity contribution in [1.82, 2.24) is 19.7 Å². The molecule has 5 rings (SSSR count). The van der Waals surface area contributed by atoms with Crippen LogP contribution in [0.3, 0.4) is 0 Å². The molecule has 1 unspecified atom stereocenters. The number of amides is 1. The smallest absolute Gasteiger partial charge is 0.410 e. The van der Waals surface area contributed by atoms with Gasteiger partial charge >= 0.3 is 6.09 Å². The van der Waals surface area contributed by atoms with Crippen molar-refractivity contribution < 1.29 is 23.4 Å². The van der Waals surface area contributed by atoms with Gasteiger partial charge in [-0.3, -0.25) is 4.57 Å². The highest BCUT2D eigenvalue weighted by Crippen LogP contribution is 2.43. The molecule has 1 N–H and O–H groups in total. The number of hydrogen-bond donors (Lipinski definition) is 1. The number of likely N-dealkylation sites (tertiary alicyclic amines) is 1. The van der Waals surface area contributed by atoms with E-state index in [0.29, 0.717) is 43.5 Å². The largest absolute Gasteiger partial charge is 0.444 e. The number of rotatable bonds is 5. The number of halogens is 2. The summed E-state index contributed by atoms with van der Waals surface area (Å²) in [5.74, 6) is -0.396. The van der Waals surface area contributed by atoms with Crippen LogP contribution in [0.5, 0.6) is 0 Å². The van der Waals surface area contributed by atoms with Crippen molar-refractivity contribution >= 4 is 12.0 Å². The Labute approximate surface area is 233 Å². The topological polar surface area (TPSA) is 83.7 Å². The van der Waals surface area contributed by atoms with Crippen LogP contribution in [0, 0.1) is 23.5 Å². The summed E-state index contributed by atoms with van der Waals surface area (Å²) in [7, 11) is 0. The van der Waals surface area contributed by atoms with Crippen LogP contribution < -0.4 is 4.90 Å². The van der Waals surface area contributed by atoms with Crippen molar-refractivity contribution in [3.05, 3.63) is 77.1 Å². The minimum absolute atomic E-state index is 0.120. The first-order valence-corrected chi connectivity index (χ1v) is 13.7. The lowest BCUT2D eigenvalue weighted by atomic mass is 9.71. The number of hydrogen-bond acceptors (Lipinski definition) is 6. The second-order valence-corrected chi connectivity index (χ2v) is 12.1. The van der Waals surface area contributed by atoms with Crippen molar-refractivity contribution in [2.75, 3.05) is 31.1 Å². The van der Waals surface area contributed by atoms with Gasteiger partial charge < -0.3 is 19.6 Å². The van der Waals surface area contributed by atoms with Crippen molar-refractivity contribution in [2.45, 2.75) is 58.3 Å². The van der Waals surface area contributed by atoms with Crippen molar-refractivity contribution in [1.29, 1.82) is 0 Å². The zero-order valence-electron chi connectivity index (χ0n) is 23.6. The fourth-order valence-corrected chi connectivity index (χ4v) is 5.89. The van der Waals surface area contributed by atoms with Crippen LogP contribution in [0.25, 0.3) is 0 Å². The molecule has 2 aromatic carbocycles. The van der Waals surface area contributed by atoms with Gasteiger partial charge in [0.15, 0.2) is 0 Å². The van der Waals surface area contributed by atoms with Gasteiger partial charge in [0.25, 0.3) is 0 Å². The molecule has 1 aromatic heterocycles. The van der Waals surface area contributed by atoms with Gasteiger partial charge in [0, 0.05) is 50.5 Å². The first kappa shape index (κ1) is 28.0. The quantitative estimate of drug-likeness (QED) is 0.483. The number of aromatic nitrogens is 3. The maximum absolute atomic E-state index is 14.6. The van der Waals surface area contributed by atoms with Crippen molar-refractivity contribution in [2.24, 2.45) is 11.8 Å². The van der Waals surface area contributed by atoms with E-state index in [0.717, 1.165) is 11.6 Å². The number of aliphatic hydroxyl groups is 1. The summed E-state index contributed by atoms with van der Waals surface area (Å²) in [4.78, 5) is 16.4. The van der Waals surface area contributed by atoms with Gasteiger partial charge in [-0.15, -0.1) is 10.2 Å². The van der Waals surface area contributed by atoms with Gasteiger partial charge in [-0.05, 0) is 38.0 Å². The summed E-state index contributed by atoms with van der Waals surface area (Å²) in [6.07, 6.45) is -0.271. The molecule has 2 aliphatic rings. The van der Waals surface area contributed by atoms with Gasteiger partial charge in [-0.2, -0.15) is 0 Å². The predicted octanol–water partition coefficient (Wildman–Crippen LogP) is 4.92. The highest BCUT2D eigenvalue weighted by Gasteiger charge is 2.47. The molecular formula is C30H37F2N5O3. The maximum atomic E-state index is 14.6. The van der Waals surface area contributed by atoms with E-state index >= 15 is 0 Å². The zero-order valence-corrected chi connectivity index (χ0v) is 23.6. The number of ether oxygens (including phenoxy) is 1. The Bertz CT molecular complexity index is 1360. The Morgan fingerprint density at radius 2 is 1.68 bits per heavy atom. The Hall–Kier alpha value is -3.53. The molecule has 3 aromatic rings. The number of carbonyl (C=O) groups is 1. The molecular weight excluding hydrogens is 516 g/mol. The minimum atomic E-state index is -1.01. The van der Waals surface area contributed by atoms with Gasteiger partial charge in [0.05, 0.1) is 11.6 Å². The Morgan fingerprint density at radius 1 is 1.02 bits per heavy atom. The molecule has 10 heteroatoms. The molecule has 0 bridgehead atoms. The average Bonchev–Trinajstić information content (AvgIpc) is 3.25. The fraction of sp³-hybridized carbons (Fsp3) is 0.500. The average molecular weight is 554 g/mol. The molecule has 8 nitrogen and oxygen atoms in total. The van der Waals surface area contributed by atoms with E-state index in [9.17, 15) is 18.7 Å². The summed E-state index contributed by atoms with van der Waals surface area (Å²) in [6, 6.07) is 13.1. The van der Waals surface area contributed by atoms with Crippen molar-refractivity contribution in [3.8, 4) is 0 Å². The second kappa shape index (κ2) is 10.5. The van der Waals surface area contributed by atoms with E-state index < -0.39 is 28.9 Å². The number of nitrogens with zero attached hydrogens (tertiary/aromatic N) is 5. The van der Waals surface area contributed by atoms with E-state index in [1.165, 1.54) is 12.1 Å². The minimum Gasteiger partial charge on any atom is -0.444 e. The third-order valence-corrected chi connectivity index (χ3v) is 8.00. The predicted molar refractivity (Wildman–Crippen MR) is 147 cm³/mol. The summed E-state index contributed by atoms with van der Waals surface area (Å²) < 4.78 is 35.6. The molecule has 3 atom stereocenters. The van der Waals surface area contributed by atoms with Gasteiger partial charge in [-0.25, -0.2) is 13.6 Å². The fourth-order valence-electron chi connectivity index (χ4n) is 5.89. The SMILES string of the molecule is C[C@@H]1CN(c2nnc(Cc3ccc(F)cc3F)n2C2CN(C(=O)OC(C)(C)C)C2)C[C@H](C)C1(O)c1ccccc1. The number of piperidine rings is 1. The normalized spacial score (nSPS) is 23.7. The van der Waals surface area contributed by atoms with Crippen LogP contribution in [0.15, 0.2) is 48.5 Å². The Morgan fingerprint density at radius 3 is 2.27 bits per heavy atom. The second-order valence-electron chi connectivity index (χ2n) is 12.1. The monoisotopic (exact) mass is 553 g/mol. The molecule has 0 aliphatic carbocycles. The summed E-state index contributed by atoms with van der Waals surface area (Å²) in [5, 5.41) is 20.8. The number of anilines is 1. The lowest BCUT2D eigenvalue weighted by Crippen LogP contribution is -2.56. The lowest BCUT2D eigenvalue weighted by molar-refractivity contribution is -0.0742. The summed E-state index contributed by atoms with van der Waals surface area (Å²) >= 11 is 0. The summed E-state index contributed by atoms with van der Waals surface area (Å²) in [6.45, 7) is 11.4. The Balaban J connectivity index is 1.44. The first-order chi connectivity index (χ1) is 18.9. The molecule has 214 valence electrons. The van der Waals surface area contributed by atoms with E-state index in [1.807, 2.05) is 69.5 Å². The third kappa shape index (κ3) is 5.29. The van der Waals surface area contributed by atoms with Crippen LogP contribution in [0.2, 0.25) is 0 Å². The Kier molecular flexibility index (Phi) is 7.33. The lowest BCUT2D eigenvalue weighted by Gasteiger charge is -2.49. The third-order valence-electron chi connectivity index (χ3n) is 8.00. The van der Waals surface area contributed by atoms with Gasteiger partial charge in [-0.1, -0.05) is 50.2 Å². The molecule has 2 aliphatic heterocycles. The molecule has 2 fully saturated rings. The molecule has 3 heterocycles. The number of carbonyl (C=O) groups excluding carboxylic acids is 1. The zero-order chi connectivity index (χ0) is 28.8. The van der Waals surface area contributed by atoms with E-state index in [4.69, 9.17) is 4.74 Å². The first-order valence-electron chi connectivity index (χ1n) is 13.7. The summed E-state index contributed by atoms with van der Waals surface area (Å²) in [5.41, 5.74) is -0.420. The molecule has 0 spiro atoms. The molecule has 1 amide bonds. The van der Waals surface area contributed by atoms with Gasteiger partial charge in [0.2, 0.25) is 5.95 Å². The van der Waals surface area contributed by atoms with Crippen LogP contribution in [-0.2, 0) is 16.8 Å². The van der Waals surface area contributed by atoms with Crippen LogP contribution >= 0.6 is 0 Å². The van der Waals surface area contributed by atoms with E-state index in [1.54, 1.807) is 4.90 Å². The van der Waals surface area contributed by atoms with Gasteiger partial charge in [0.1, 0.15) is 23.1 Å². The molecule has 2 saturated heterocycles. The van der Waals surface area contributed by atoms with Crippen LogP contribution in [0.1, 0.15) is 57.6 Å². The molecule has 0 saturated carbocycles. The molecule has 40 heavy (non-hydrogen) atoms. The standard InChI is InChI=1S/C30H37F2N5O3/c1-19-15-35(16-20(2)30(19,39)22-9-7-6-8-10-22)27-34-33-26(13-21-11-12-23(31)14-25(21)32)37(27)24-17-36(18-24)28(38)40-29(3,4)5/h6-12,14,19-20,24,39H,13,15-18H2,1-5H3/t19-,20+,30?. The van der Waals surface area contributed by atoms with Crippen LogP contribution in [0.4, 0.5) is 19.5 Å². The van der Waals surface area contributed by atoms with Crippen LogP contribution in [-0.4, -0.2) is 62.6 Å². The number of benzene rings is 2. The highest BCUT2D eigenvalue weighted by atomic mass is 19.1. The van der Waals surface area contributed by atoms with Crippen molar-refractivity contribution in [3.63, 3.8) is 0 Å². The van der Waals surface area contributed by atoms with E-state index in [-0.39, 0.29) is 24.3 Å².